The molecule has 0 aromatic heterocycles. The van der Waals surface area contributed by atoms with Crippen molar-refractivity contribution in [1.82, 2.24) is 4.90 Å². The van der Waals surface area contributed by atoms with Gasteiger partial charge in [0.1, 0.15) is 6.04 Å². The second kappa shape index (κ2) is 5.20. The first-order valence-corrected chi connectivity index (χ1v) is 6.91. The molecule has 1 aromatic rings. The number of carbonyl (C=O) groups is 2. The van der Waals surface area contributed by atoms with Crippen LogP contribution in [0.2, 0.25) is 5.02 Å². The van der Waals surface area contributed by atoms with Crippen LogP contribution in [0, 0.1) is 6.92 Å². The molecule has 1 N–H and O–H groups in total. The Labute approximate surface area is 114 Å². The number of hydrogen-bond donors (Lipinski definition) is 1. The second-order valence-corrected chi connectivity index (χ2v) is 5.50. The molecule has 96 valence electrons. The monoisotopic (exact) mass is 285 g/mol. The van der Waals surface area contributed by atoms with E-state index >= 15 is 0 Å². The Morgan fingerprint density at radius 3 is 2.83 bits per heavy atom. The zero-order valence-corrected chi connectivity index (χ0v) is 11.3. The molecule has 0 aliphatic carbocycles. The lowest BCUT2D eigenvalue weighted by molar-refractivity contribution is -0.140. The van der Waals surface area contributed by atoms with Crippen LogP contribution >= 0.6 is 23.4 Å². The minimum Gasteiger partial charge on any atom is -0.480 e. The van der Waals surface area contributed by atoms with Gasteiger partial charge in [-0.15, -0.1) is 11.8 Å². The van der Waals surface area contributed by atoms with Gasteiger partial charge in [-0.05, 0) is 24.6 Å². The summed E-state index contributed by atoms with van der Waals surface area (Å²) in [5.74, 6) is -0.414. The highest BCUT2D eigenvalue weighted by Crippen LogP contribution is 2.25. The molecule has 1 atom stereocenters. The number of carboxylic acids is 1. The summed E-state index contributed by atoms with van der Waals surface area (Å²) in [5.41, 5.74) is 1.32. The van der Waals surface area contributed by atoms with E-state index in [1.54, 1.807) is 18.2 Å². The van der Waals surface area contributed by atoms with Gasteiger partial charge in [-0.25, -0.2) is 4.79 Å². The maximum atomic E-state index is 12.2. The Morgan fingerprint density at radius 1 is 1.50 bits per heavy atom. The normalized spacial score (nSPS) is 19.0. The largest absolute Gasteiger partial charge is 0.480 e. The predicted octanol–water partition coefficient (Wildman–Crippen LogP) is 2.25. The lowest BCUT2D eigenvalue weighted by Gasteiger charge is -2.20. The van der Waals surface area contributed by atoms with E-state index in [0.29, 0.717) is 22.2 Å². The van der Waals surface area contributed by atoms with Crippen molar-refractivity contribution in [1.29, 1.82) is 0 Å². The second-order valence-electron chi connectivity index (χ2n) is 4.09. The van der Waals surface area contributed by atoms with Crippen molar-refractivity contribution in [2.24, 2.45) is 0 Å². The van der Waals surface area contributed by atoms with Crippen LogP contribution in [0.5, 0.6) is 0 Å². The molecule has 0 radical (unpaired) electrons. The molecular formula is C12H12ClNO3S. The molecule has 1 heterocycles. The molecule has 4 nitrogen and oxygen atoms in total. The molecule has 1 aromatic carbocycles. The van der Waals surface area contributed by atoms with Gasteiger partial charge < -0.3 is 10.0 Å². The Balaban J connectivity index is 2.25. The molecule has 1 aliphatic rings. The van der Waals surface area contributed by atoms with Gasteiger partial charge in [-0.3, -0.25) is 4.79 Å². The van der Waals surface area contributed by atoms with Crippen molar-refractivity contribution in [3.63, 3.8) is 0 Å². The van der Waals surface area contributed by atoms with Gasteiger partial charge in [0, 0.05) is 16.3 Å². The number of carboxylic acid groups (broad SMARTS) is 1. The Kier molecular flexibility index (Phi) is 3.82. The van der Waals surface area contributed by atoms with Gasteiger partial charge in [-0.1, -0.05) is 17.7 Å². The number of benzene rings is 1. The van der Waals surface area contributed by atoms with Gasteiger partial charge in [0.2, 0.25) is 0 Å². The van der Waals surface area contributed by atoms with Crippen LogP contribution in [0.15, 0.2) is 18.2 Å². The zero-order chi connectivity index (χ0) is 13.3. The summed E-state index contributed by atoms with van der Waals surface area (Å²) in [6.07, 6.45) is 0. The maximum absolute atomic E-state index is 12.2. The number of nitrogens with zero attached hydrogens (tertiary/aromatic N) is 1. The molecule has 0 unspecified atom stereocenters. The summed E-state index contributed by atoms with van der Waals surface area (Å²) in [4.78, 5) is 24.6. The summed E-state index contributed by atoms with van der Waals surface area (Å²) >= 11 is 7.41. The summed E-state index contributed by atoms with van der Waals surface area (Å²) < 4.78 is 0. The molecule has 6 heteroatoms. The molecule has 18 heavy (non-hydrogen) atoms. The molecule has 1 saturated heterocycles. The van der Waals surface area contributed by atoms with Crippen molar-refractivity contribution in [2.45, 2.75) is 13.0 Å². The molecule has 0 spiro atoms. The standard InChI is InChI=1S/C12H12ClNO3S/c1-7-2-3-8(4-9(7)13)11(15)14-6-18-5-10(14)12(16)17/h2-4,10H,5-6H2,1H3,(H,16,17)/t10-/m0/s1. The zero-order valence-electron chi connectivity index (χ0n) is 9.72. The van der Waals surface area contributed by atoms with Crippen molar-refractivity contribution < 1.29 is 14.7 Å². The molecule has 1 amide bonds. The van der Waals surface area contributed by atoms with Crippen LogP contribution in [-0.2, 0) is 4.79 Å². The lowest BCUT2D eigenvalue weighted by atomic mass is 10.1. The van der Waals surface area contributed by atoms with Gasteiger partial charge in [0.25, 0.3) is 5.91 Å². The molecule has 1 aliphatic heterocycles. The SMILES string of the molecule is Cc1ccc(C(=O)N2CSC[C@H]2C(=O)O)cc1Cl. The van der Waals surface area contributed by atoms with E-state index in [-0.39, 0.29) is 5.91 Å². The quantitative estimate of drug-likeness (QED) is 0.905. The Bertz CT molecular complexity index is 506. The van der Waals surface area contributed by atoms with E-state index in [1.807, 2.05) is 6.92 Å². The predicted molar refractivity (Wildman–Crippen MR) is 71.1 cm³/mol. The number of amides is 1. The van der Waals surface area contributed by atoms with Crippen molar-refractivity contribution in [2.75, 3.05) is 11.6 Å². The van der Waals surface area contributed by atoms with Crippen LogP contribution < -0.4 is 0 Å². The van der Waals surface area contributed by atoms with E-state index in [2.05, 4.69) is 0 Å². The van der Waals surface area contributed by atoms with E-state index in [4.69, 9.17) is 16.7 Å². The van der Waals surface area contributed by atoms with Gasteiger partial charge in [0.15, 0.2) is 0 Å². The summed E-state index contributed by atoms with van der Waals surface area (Å²) in [6, 6.07) is 4.27. The number of aryl methyl sites for hydroxylation is 1. The highest BCUT2D eigenvalue weighted by atomic mass is 35.5. The number of aliphatic carboxylic acids is 1. The fourth-order valence-corrected chi connectivity index (χ4v) is 3.06. The first kappa shape index (κ1) is 13.2. The van der Waals surface area contributed by atoms with Crippen LogP contribution in [0.1, 0.15) is 15.9 Å². The summed E-state index contributed by atoms with van der Waals surface area (Å²) in [7, 11) is 0. The van der Waals surface area contributed by atoms with Gasteiger partial charge in [0.05, 0.1) is 5.88 Å². The molecule has 2 rings (SSSR count). The van der Waals surface area contributed by atoms with E-state index in [1.165, 1.54) is 16.7 Å². The highest BCUT2D eigenvalue weighted by molar-refractivity contribution is 7.99. The highest BCUT2D eigenvalue weighted by Gasteiger charge is 2.35. The smallest absolute Gasteiger partial charge is 0.327 e. The molecular weight excluding hydrogens is 274 g/mol. The first-order valence-electron chi connectivity index (χ1n) is 5.38. The minimum absolute atomic E-state index is 0.283. The lowest BCUT2D eigenvalue weighted by Crippen LogP contribution is -2.41. The van der Waals surface area contributed by atoms with Gasteiger partial charge in [-0.2, -0.15) is 0 Å². The Morgan fingerprint density at radius 2 is 2.22 bits per heavy atom. The number of rotatable bonds is 2. The third-order valence-electron chi connectivity index (χ3n) is 2.85. The van der Waals surface area contributed by atoms with E-state index in [0.717, 1.165) is 5.56 Å². The van der Waals surface area contributed by atoms with E-state index in [9.17, 15) is 9.59 Å². The van der Waals surface area contributed by atoms with Crippen LogP contribution in [0.3, 0.4) is 0 Å². The third-order valence-corrected chi connectivity index (χ3v) is 4.27. The van der Waals surface area contributed by atoms with Crippen molar-refractivity contribution in [3.8, 4) is 0 Å². The summed E-state index contributed by atoms with van der Waals surface area (Å²) in [5, 5.41) is 9.56. The number of carbonyl (C=O) groups excluding carboxylic acids is 1. The Hall–Kier alpha value is -1.20. The van der Waals surface area contributed by atoms with Gasteiger partial charge >= 0.3 is 5.97 Å². The molecule has 0 saturated carbocycles. The number of hydrogen-bond acceptors (Lipinski definition) is 3. The van der Waals surface area contributed by atoms with Crippen molar-refractivity contribution in [3.05, 3.63) is 34.3 Å². The molecule has 1 fully saturated rings. The average Bonchev–Trinajstić information content (AvgIpc) is 2.81. The molecule has 0 bridgehead atoms. The maximum Gasteiger partial charge on any atom is 0.327 e. The number of halogens is 1. The van der Waals surface area contributed by atoms with Crippen LogP contribution in [0.4, 0.5) is 0 Å². The van der Waals surface area contributed by atoms with Crippen molar-refractivity contribution >= 4 is 35.2 Å². The third kappa shape index (κ3) is 2.47. The topological polar surface area (TPSA) is 57.6 Å². The fraction of sp³-hybridized carbons (Fsp3) is 0.333. The summed E-state index contributed by atoms with van der Waals surface area (Å²) in [6.45, 7) is 1.85. The van der Waals surface area contributed by atoms with E-state index < -0.39 is 12.0 Å². The number of thioether (sulfide) groups is 1. The average molecular weight is 286 g/mol. The first-order chi connectivity index (χ1) is 8.50. The fourth-order valence-electron chi connectivity index (χ4n) is 1.74. The minimum atomic E-state index is -0.966. The van der Waals surface area contributed by atoms with Crippen LogP contribution in [-0.4, -0.2) is 39.6 Å². The van der Waals surface area contributed by atoms with Crippen LogP contribution in [0.25, 0.3) is 0 Å².